The van der Waals surface area contributed by atoms with E-state index in [0.29, 0.717) is 17.0 Å². The van der Waals surface area contributed by atoms with Crippen molar-refractivity contribution in [1.82, 2.24) is 24.1 Å². The minimum Gasteiger partial charge on any atom is -0.507 e. The Labute approximate surface area is 454 Å². The normalized spacial score (nSPS) is 12.5. The van der Waals surface area contributed by atoms with Gasteiger partial charge in [-0.25, -0.2) is 15.0 Å². The summed E-state index contributed by atoms with van der Waals surface area (Å²) in [5.74, 6) is 1.70. The van der Waals surface area contributed by atoms with Gasteiger partial charge < -0.3 is 5.11 Å². The van der Waals surface area contributed by atoms with Gasteiger partial charge in [0, 0.05) is 34.0 Å². The van der Waals surface area contributed by atoms with Crippen LogP contribution in [0.25, 0.3) is 101 Å². The molecule has 0 amide bonds. The molecule has 3 heterocycles. The molecule has 0 spiro atoms. The number of imidazole rings is 2. The maximum atomic E-state index is 12.8. The molecule has 6 heteroatoms. The number of hydrogen-bond acceptors (Lipinski definition) is 4. The van der Waals surface area contributed by atoms with Crippen molar-refractivity contribution < 1.29 is 5.11 Å². The number of aromatic hydroxyl groups is 1. The van der Waals surface area contributed by atoms with Gasteiger partial charge in [-0.2, -0.15) is 0 Å². The molecule has 0 aliphatic rings. The van der Waals surface area contributed by atoms with Crippen LogP contribution in [0.15, 0.2) is 194 Å². The minimum atomic E-state index is -0.360. The predicted molar refractivity (Wildman–Crippen MR) is 323 cm³/mol. The fourth-order valence-electron chi connectivity index (χ4n) is 10.7. The van der Waals surface area contributed by atoms with E-state index in [1.807, 2.05) is 12.3 Å². The van der Waals surface area contributed by atoms with Crippen molar-refractivity contribution in [2.75, 3.05) is 0 Å². The lowest BCUT2D eigenvalue weighted by molar-refractivity contribution is 0.446. The van der Waals surface area contributed by atoms with Gasteiger partial charge in [0.25, 0.3) is 0 Å². The van der Waals surface area contributed by atoms with Crippen LogP contribution < -0.4 is 0 Å². The molecule has 77 heavy (non-hydrogen) atoms. The lowest BCUT2D eigenvalue weighted by atomic mass is 9.79. The molecule has 0 fully saturated rings. The quantitative estimate of drug-likeness (QED) is 0.165. The molecule has 0 radical (unpaired) electrons. The van der Waals surface area contributed by atoms with E-state index in [2.05, 4.69) is 274 Å². The van der Waals surface area contributed by atoms with E-state index in [1.54, 1.807) is 0 Å². The number of para-hydroxylation sites is 1. The number of benzene rings is 8. The van der Waals surface area contributed by atoms with E-state index < -0.39 is 0 Å². The molecule has 0 aliphatic carbocycles. The highest BCUT2D eigenvalue weighted by Gasteiger charge is 2.31. The Bertz CT molecular complexity index is 4000. The van der Waals surface area contributed by atoms with Crippen molar-refractivity contribution in [3.8, 4) is 84.4 Å². The molecule has 1 N–H and O–H groups in total. The summed E-state index contributed by atoms with van der Waals surface area (Å²) < 4.78 is 4.59. The Morgan fingerprint density at radius 3 is 1.49 bits per heavy atom. The van der Waals surface area contributed by atoms with Gasteiger partial charge in [-0.3, -0.25) is 9.13 Å². The Morgan fingerprint density at radius 2 is 0.883 bits per heavy atom. The molecule has 3 aromatic heterocycles. The Morgan fingerprint density at radius 1 is 0.351 bits per heavy atom. The second-order valence-corrected chi connectivity index (χ2v) is 24.8. The monoisotopic (exact) mass is 1010 g/mol. The third-order valence-electron chi connectivity index (χ3n) is 15.1. The summed E-state index contributed by atoms with van der Waals surface area (Å²) >= 11 is 0. The number of fused-ring (bicyclic) bond motifs is 2. The van der Waals surface area contributed by atoms with Crippen LogP contribution in [0.1, 0.15) is 105 Å². The van der Waals surface area contributed by atoms with Crippen LogP contribution in [-0.4, -0.2) is 29.2 Å². The molecule has 0 saturated heterocycles. The van der Waals surface area contributed by atoms with Crippen LogP contribution in [0.3, 0.4) is 0 Å². The average molecular weight is 1010 g/mol. The largest absolute Gasteiger partial charge is 0.507 e. The van der Waals surface area contributed by atoms with E-state index in [0.717, 1.165) is 101 Å². The van der Waals surface area contributed by atoms with Crippen molar-refractivity contribution in [2.24, 2.45) is 0 Å². The molecule has 8 aromatic carbocycles. The first-order chi connectivity index (χ1) is 36.6. The lowest BCUT2D eigenvalue weighted by Gasteiger charge is -2.27. The molecule has 384 valence electrons. The highest BCUT2D eigenvalue weighted by atomic mass is 16.3. The summed E-state index contributed by atoms with van der Waals surface area (Å²) in [6.45, 7) is 26.8. The van der Waals surface area contributed by atoms with Crippen LogP contribution in [-0.2, 0) is 21.7 Å². The maximum Gasteiger partial charge on any atom is 0.178 e. The zero-order chi connectivity index (χ0) is 54.2. The molecular weight excluding hydrogens is 939 g/mol. The predicted octanol–water partition coefficient (Wildman–Crippen LogP) is 18.7. The number of pyridine rings is 1. The number of phenolic OH excluding ortho intramolecular Hbond substituents is 1. The third-order valence-corrected chi connectivity index (χ3v) is 15.1. The number of rotatable bonds is 8. The van der Waals surface area contributed by atoms with Crippen LogP contribution in [0.5, 0.6) is 5.75 Å². The number of hydrogen-bond donors (Lipinski definition) is 1. The summed E-state index contributed by atoms with van der Waals surface area (Å²) in [5, 5.41) is 12.8. The maximum absolute atomic E-state index is 12.8. The van der Waals surface area contributed by atoms with Gasteiger partial charge in [-0.15, -0.1) is 0 Å². The van der Waals surface area contributed by atoms with Crippen molar-refractivity contribution in [3.63, 3.8) is 0 Å². The lowest BCUT2D eigenvalue weighted by Crippen LogP contribution is -2.17. The Balaban J connectivity index is 1.22. The van der Waals surface area contributed by atoms with Gasteiger partial charge >= 0.3 is 0 Å². The van der Waals surface area contributed by atoms with Crippen molar-refractivity contribution in [2.45, 2.75) is 105 Å². The second-order valence-electron chi connectivity index (χ2n) is 24.8. The van der Waals surface area contributed by atoms with Gasteiger partial charge in [0.05, 0.1) is 33.5 Å². The molecule has 0 atom stereocenters. The summed E-state index contributed by atoms with van der Waals surface area (Å²) in [6, 6.07) is 67.4. The summed E-state index contributed by atoms with van der Waals surface area (Å²) in [5.41, 5.74) is 19.1. The minimum absolute atomic E-state index is 0.0645. The van der Waals surface area contributed by atoms with E-state index in [9.17, 15) is 5.11 Å². The van der Waals surface area contributed by atoms with E-state index in [1.165, 1.54) is 5.56 Å². The summed E-state index contributed by atoms with van der Waals surface area (Å²) in [6.07, 6.45) is 1.83. The van der Waals surface area contributed by atoms with Crippen molar-refractivity contribution in [1.29, 1.82) is 0 Å². The number of phenols is 1. The van der Waals surface area contributed by atoms with Crippen LogP contribution >= 0.6 is 0 Å². The topological polar surface area (TPSA) is 68.8 Å². The molecule has 0 bridgehead atoms. The summed E-state index contributed by atoms with van der Waals surface area (Å²) in [4.78, 5) is 16.1. The van der Waals surface area contributed by atoms with Gasteiger partial charge in [-0.05, 0) is 127 Å². The SMILES string of the molecule is CC(C)(C)c1cc(-c2cccc3c2nc(-c2cc(C(C)(C)C)cc(C(C)(C)C)c2O)n3-c2ccc(-c3ccccc3)cc2-c2ccccc2)cc(-c2nc3ncccc3n2-c2ccc(C(C)(C)C)cc2-c2ccccc2)c1. The smallest absolute Gasteiger partial charge is 0.178 e. The second kappa shape index (κ2) is 19.0. The van der Waals surface area contributed by atoms with E-state index in [-0.39, 0.29) is 27.4 Å². The van der Waals surface area contributed by atoms with Crippen LogP contribution in [0, 0.1) is 0 Å². The zero-order valence-electron chi connectivity index (χ0n) is 46.7. The van der Waals surface area contributed by atoms with Gasteiger partial charge in [-0.1, -0.05) is 210 Å². The molecule has 0 aliphatic heterocycles. The van der Waals surface area contributed by atoms with Gasteiger partial charge in [0.2, 0.25) is 0 Å². The summed E-state index contributed by atoms with van der Waals surface area (Å²) in [7, 11) is 0. The van der Waals surface area contributed by atoms with Crippen molar-refractivity contribution in [3.05, 3.63) is 217 Å². The van der Waals surface area contributed by atoms with Gasteiger partial charge in [0.1, 0.15) is 17.4 Å². The van der Waals surface area contributed by atoms with Crippen LogP contribution in [0.4, 0.5) is 0 Å². The molecule has 11 aromatic rings. The fraction of sp³-hybridized carbons (Fsp3) is 0.225. The first-order valence-corrected chi connectivity index (χ1v) is 27.0. The molecular formula is C71H69N5O. The Hall–Kier alpha value is -8.35. The fourth-order valence-corrected chi connectivity index (χ4v) is 10.7. The highest BCUT2D eigenvalue weighted by molar-refractivity contribution is 5.98. The highest BCUT2D eigenvalue weighted by Crippen LogP contribution is 2.47. The average Bonchev–Trinajstić information content (AvgIpc) is 4.02. The molecule has 0 saturated carbocycles. The molecule has 6 nitrogen and oxygen atoms in total. The molecule has 0 unspecified atom stereocenters. The van der Waals surface area contributed by atoms with E-state index in [4.69, 9.17) is 15.0 Å². The molecule has 11 rings (SSSR count). The van der Waals surface area contributed by atoms with Crippen LogP contribution in [0.2, 0.25) is 0 Å². The Kier molecular flexibility index (Phi) is 12.6. The van der Waals surface area contributed by atoms with Crippen molar-refractivity contribution >= 4 is 22.2 Å². The first-order valence-electron chi connectivity index (χ1n) is 27.0. The number of aromatic nitrogens is 5. The standard InChI is InChI=1S/C71H69N5O/c1-68(2,3)51-34-36-60(56(42-51)47-28-20-15-21-29-47)76-62-32-23-37-72-65(62)74-66(76)50-38-49(39-52(40-50)69(4,5)6)54-30-22-31-61-63(54)73-67(57-43-53(70(7,8)9)44-58(64(57)77)71(10,11)12)75(61)59-35-33-48(45-24-16-13-17-25-45)41-55(59)46-26-18-14-19-27-46/h13-44,77H,1-12H3. The number of nitrogens with zero attached hydrogens (tertiary/aromatic N) is 5. The van der Waals surface area contributed by atoms with Gasteiger partial charge in [0.15, 0.2) is 5.65 Å². The zero-order valence-corrected chi connectivity index (χ0v) is 46.7. The van der Waals surface area contributed by atoms with E-state index >= 15 is 0 Å². The first kappa shape index (κ1) is 50.8. The third kappa shape index (κ3) is 9.56.